The first-order chi connectivity index (χ1) is 13.5. The highest BCUT2D eigenvalue weighted by atomic mass is 19.2. The molecule has 28 heavy (non-hydrogen) atoms. The van der Waals surface area contributed by atoms with E-state index in [4.69, 9.17) is 0 Å². The summed E-state index contributed by atoms with van der Waals surface area (Å²) in [7, 11) is 0. The summed E-state index contributed by atoms with van der Waals surface area (Å²) in [6.45, 7) is 6.94. The molecule has 1 aliphatic heterocycles. The SMILES string of the molecule is CCN1CCN(C(CNC(=O)c2ccc(F)c(F)c2F)c2ccccc2)CC1. The molecule has 0 aliphatic carbocycles. The molecular formula is C21H24F3N3O. The molecule has 4 nitrogen and oxygen atoms in total. The highest BCUT2D eigenvalue weighted by Gasteiger charge is 2.26. The van der Waals surface area contributed by atoms with Gasteiger partial charge in [-0.15, -0.1) is 0 Å². The number of carbonyl (C=O) groups excluding carboxylic acids is 1. The fraction of sp³-hybridized carbons (Fsp3) is 0.381. The van der Waals surface area contributed by atoms with Crippen LogP contribution in [0.1, 0.15) is 28.9 Å². The lowest BCUT2D eigenvalue weighted by atomic mass is 10.0. The van der Waals surface area contributed by atoms with Crippen molar-refractivity contribution in [3.63, 3.8) is 0 Å². The van der Waals surface area contributed by atoms with Crippen molar-refractivity contribution in [3.05, 3.63) is 71.0 Å². The molecule has 1 amide bonds. The zero-order chi connectivity index (χ0) is 20.1. The molecule has 1 aliphatic rings. The summed E-state index contributed by atoms with van der Waals surface area (Å²) in [5, 5.41) is 2.68. The van der Waals surface area contributed by atoms with Gasteiger partial charge in [0.1, 0.15) is 0 Å². The van der Waals surface area contributed by atoms with E-state index in [1.165, 1.54) is 0 Å². The highest BCUT2D eigenvalue weighted by Crippen LogP contribution is 2.22. The topological polar surface area (TPSA) is 35.6 Å². The Hall–Kier alpha value is -2.38. The van der Waals surface area contributed by atoms with Gasteiger partial charge in [0.25, 0.3) is 5.91 Å². The monoisotopic (exact) mass is 391 g/mol. The minimum absolute atomic E-state index is 0.0856. The number of benzene rings is 2. The summed E-state index contributed by atoms with van der Waals surface area (Å²) < 4.78 is 40.4. The molecule has 150 valence electrons. The highest BCUT2D eigenvalue weighted by molar-refractivity contribution is 5.94. The van der Waals surface area contributed by atoms with Gasteiger partial charge in [-0.2, -0.15) is 0 Å². The molecule has 1 saturated heterocycles. The molecule has 0 radical (unpaired) electrons. The molecule has 0 aromatic heterocycles. The third kappa shape index (κ3) is 4.54. The van der Waals surface area contributed by atoms with Crippen LogP contribution in [0.5, 0.6) is 0 Å². The Morgan fingerprint density at radius 3 is 2.32 bits per heavy atom. The van der Waals surface area contributed by atoms with Crippen LogP contribution in [0.4, 0.5) is 13.2 Å². The maximum atomic E-state index is 13.9. The molecule has 1 N–H and O–H groups in total. The van der Waals surface area contributed by atoms with E-state index < -0.39 is 28.9 Å². The summed E-state index contributed by atoms with van der Waals surface area (Å²) >= 11 is 0. The van der Waals surface area contributed by atoms with Crippen LogP contribution in [0.15, 0.2) is 42.5 Å². The second-order valence-electron chi connectivity index (χ2n) is 6.83. The average molecular weight is 391 g/mol. The number of amides is 1. The maximum absolute atomic E-state index is 13.9. The van der Waals surface area contributed by atoms with Gasteiger partial charge in [-0.05, 0) is 24.2 Å². The fourth-order valence-corrected chi connectivity index (χ4v) is 3.51. The number of hydrogen-bond donors (Lipinski definition) is 1. The van der Waals surface area contributed by atoms with E-state index in [1.807, 2.05) is 30.3 Å². The minimum atomic E-state index is -1.64. The van der Waals surface area contributed by atoms with E-state index >= 15 is 0 Å². The number of likely N-dealkylation sites (N-methyl/N-ethyl adjacent to an activating group) is 1. The second kappa shape index (κ2) is 9.21. The van der Waals surface area contributed by atoms with Crippen LogP contribution in [0.2, 0.25) is 0 Å². The van der Waals surface area contributed by atoms with E-state index in [0.717, 1.165) is 50.4 Å². The predicted octanol–water partition coefficient (Wildman–Crippen LogP) is 3.21. The quantitative estimate of drug-likeness (QED) is 0.768. The number of piperazine rings is 1. The van der Waals surface area contributed by atoms with Crippen LogP contribution >= 0.6 is 0 Å². The van der Waals surface area contributed by atoms with Crippen molar-refractivity contribution in [3.8, 4) is 0 Å². The van der Waals surface area contributed by atoms with E-state index in [1.54, 1.807) is 0 Å². The van der Waals surface area contributed by atoms with Gasteiger partial charge in [-0.1, -0.05) is 37.3 Å². The Bertz CT molecular complexity index is 808. The normalized spacial score (nSPS) is 16.7. The number of carbonyl (C=O) groups is 1. The lowest BCUT2D eigenvalue weighted by molar-refractivity contribution is 0.0852. The molecule has 1 fully saturated rings. The van der Waals surface area contributed by atoms with Crippen molar-refractivity contribution in [1.29, 1.82) is 0 Å². The third-order valence-corrected chi connectivity index (χ3v) is 5.21. The van der Waals surface area contributed by atoms with Gasteiger partial charge in [0.15, 0.2) is 17.5 Å². The lowest BCUT2D eigenvalue weighted by Crippen LogP contribution is -2.49. The summed E-state index contributed by atoms with van der Waals surface area (Å²) in [6, 6.07) is 11.4. The van der Waals surface area contributed by atoms with Crippen molar-refractivity contribution in [2.45, 2.75) is 13.0 Å². The molecule has 0 spiro atoms. The van der Waals surface area contributed by atoms with Gasteiger partial charge in [0.05, 0.1) is 11.6 Å². The second-order valence-corrected chi connectivity index (χ2v) is 6.83. The predicted molar refractivity (Wildman–Crippen MR) is 102 cm³/mol. The molecule has 2 aromatic carbocycles. The average Bonchev–Trinajstić information content (AvgIpc) is 2.73. The van der Waals surface area contributed by atoms with Gasteiger partial charge in [0.2, 0.25) is 0 Å². The Labute approximate surface area is 162 Å². The first kappa shape index (κ1) is 20.4. The molecule has 1 unspecified atom stereocenters. The van der Waals surface area contributed by atoms with Crippen LogP contribution in [-0.4, -0.2) is 55.0 Å². The first-order valence-electron chi connectivity index (χ1n) is 9.44. The van der Waals surface area contributed by atoms with Gasteiger partial charge >= 0.3 is 0 Å². The molecular weight excluding hydrogens is 367 g/mol. The standard InChI is InChI=1S/C21H24F3N3O/c1-2-26-10-12-27(13-11-26)18(15-6-4-3-5-7-15)14-25-21(28)16-8-9-17(22)20(24)19(16)23/h3-9,18H,2,10-14H2,1H3,(H,25,28). The van der Waals surface area contributed by atoms with Crippen LogP contribution < -0.4 is 5.32 Å². The van der Waals surface area contributed by atoms with Crippen molar-refractivity contribution in [2.75, 3.05) is 39.3 Å². The number of halogens is 3. The maximum Gasteiger partial charge on any atom is 0.254 e. The van der Waals surface area contributed by atoms with Gasteiger partial charge < -0.3 is 10.2 Å². The van der Waals surface area contributed by atoms with E-state index in [-0.39, 0.29) is 12.6 Å². The Morgan fingerprint density at radius 1 is 1.00 bits per heavy atom. The molecule has 3 rings (SSSR count). The lowest BCUT2D eigenvalue weighted by Gasteiger charge is -2.39. The third-order valence-electron chi connectivity index (χ3n) is 5.21. The Kier molecular flexibility index (Phi) is 6.70. The summed E-state index contributed by atoms with van der Waals surface area (Å²) in [5.74, 6) is -5.18. The van der Waals surface area contributed by atoms with Crippen molar-refractivity contribution in [2.24, 2.45) is 0 Å². The smallest absolute Gasteiger partial charge is 0.254 e. The van der Waals surface area contributed by atoms with E-state index in [2.05, 4.69) is 22.0 Å². The van der Waals surface area contributed by atoms with Crippen LogP contribution in [0.25, 0.3) is 0 Å². The van der Waals surface area contributed by atoms with Crippen molar-refractivity contribution >= 4 is 5.91 Å². The fourth-order valence-electron chi connectivity index (χ4n) is 3.51. The number of rotatable bonds is 6. The first-order valence-corrected chi connectivity index (χ1v) is 9.44. The van der Waals surface area contributed by atoms with E-state index in [9.17, 15) is 18.0 Å². The summed E-state index contributed by atoms with van der Waals surface area (Å²) in [4.78, 5) is 17.0. The zero-order valence-electron chi connectivity index (χ0n) is 15.8. The zero-order valence-corrected chi connectivity index (χ0v) is 15.8. The molecule has 0 bridgehead atoms. The van der Waals surface area contributed by atoms with E-state index in [0.29, 0.717) is 0 Å². The minimum Gasteiger partial charge on any atom is -0.350 e. The summed E-state index contributed by atoms with van der Waals surface area (Å²) in [5.41, 5.74) is 0.542. The van der Waals surface area contributed by atoms with Gasteiger partial charge in [-0.25, -0.2) is 13.2 Å². The number of nitrogens with zero attached hydrogens (tertiary/aromatic N) is 2. The van der Waals surface area contributed by atoms with Crippen molar-refractivity contribution in [1.82, 2.24) is 15.1 Å². The molecule has 0 saturated carbocycles. The molecule has 2 aromatic rings. The molecule has 1 heterocycles. The van der Waals surface area contributed by atoms with Crippen LogP contribution in [-0.2, 0) is 0 Å². The summed E-state index contributed by atoms with van der Waals surface area (Å²) in [6.07, 6.45) is 0. The largest absolute Gasteiger partial charge is 0.350 e. The Morgan fingerprint density at radius 2 is 1.68 bits per heavy atom. The molecule has 7 heteroatoms. The van der Waals surface area contributed by atoms with Gasteiger partial charge in [-0.3, -0.25) is 9.69 Å². The number of nitrogens with one attached hydrogen (secondary N) is 1. The van der Waals surface area contributed by atoms with Crippen LogP contribution in [0.3, 0.4) is 0 Å². The van der Waals surface area contributed by atoms with Gasteiger partial charge in [0, 0.05) is 32.7 Å². The molecule has 1 atom stereocenters. The van der Waals surface area contributed by atoms with Crippen LogP contribution in [0, 0.1) is 17.5 Å². The Balaban J connectivity index is 1.73. The number of hydrogen-bond acceptors (Lipinski definition) is 3. The van der Waals surface area contributed by atoms with Crippen molar-refractivity contribution < 1.29 is 18.0 Å².